The SMILES string of the molecule is CCOc1ccnc(NCC(C)(C)S(C)(=O)=O)n1. The van der Waals surface area contributed by atoms with Crippen molar-refractivity contribution < 1.29 is 13.2 Å². The maximum atomic E-state index is 11.5. The average molecular weight is 273 g/mol. The van der Waals surface area contributed by atoms with Crippen LogP contribution in [-0.4, -0.2) is 42.5 Å². The number of aromatic nitrogens is 2. The van der Waals surface area contributed by atoms with E-state index in [-0.39, 0.29) is 6.54 Å². The van der Waals surface area contributed by atoms with Gasteiger partial charge in [-0.05, 0) is 20.8 Å². The molecule has 0 atom stereocenters. The lowest BCUT2D eigenvalue weighted by Gasteiger charge is -2.22. The molecule has 0 radical (unpaired) electrons. The minimum Gasteiger partial charge on any atom is -0.478 e. The van der Waals surface area contributed by atoms with E-state index in [1.807, 2.05) is 6.92 Å². The fourth-order valence-corrected chi connectivity index (χ4v) is 1.41. The fraction of sp³-hybridized carbons (Fsp3) is 0.636. The van der Waals surface area contributed by atoms with Crippen LogP contribution >= 0.6 is 0 Å². The van der Waals surface area contributed by atoms with E-state index in [0.29, 0.717) is 18.4 Å². The Morgan fingerprint density at radius 1 is 1.44 bits per heavy atom. The number of nitrogens with zero attached hydrogens (tertiary/aromatic N) is 2. The van der Waals surface area contributed by atoms with Crippen LogP contribution in [0.2, 0.25) is 0 Å². The molecule has 0 unspecified atom stereocenters. The van der Waals surface area contributed by atoms with Gasteiger partial charge >= 0.3 is 0 Å². The molecule has 1 N–H and O–H groups in total. The Balaban J connectivity index is 2.72. The van der Waals surface area contributed by atoms with Gasteiger partial charge in [0.15, 0.2) is 9.84 Å². The third kappa shape index (κ3) is 3.83. The number of sulfone groups is 1. The van der Waals surface area contributed by atoms with Gasteiger partial charge in [-0.3, -0.25) is 0 Å². The molecule has 0 spiro atoms. The van der Waals surface area contributed by atoms with Gasteiger partial charge in [0.05, 0.1) is 11.4 Å². The van der Waals surface area contributed by atoms with Gasteiger partial charge in [0.2, 0.25) is 11.8 Å². The van der Waals surface area contributed by atoms with Crippen LogP contribution in [0, 0.1) is 0 Å². The van der Waals surface area contributed by atoms with Crippen molar-refractivity contribution >= 4 is 15.8 Å². The first-order chi connectivity index (χ1) is 8.26. The van der Waals surface area contributed by atoms with Crippen LogP contribution in [0.25, 0.3) is 0 Å². The van der Waals surface area contributed by atoms with Crippen molar-refractivity contribution in [1.29, 1.82) is 0 Å². The molecule has 0 aromatic carbocycles. The summed E-state index contributed by atoms with van der Waals surface area (Å²) in [5.74, 6) is 0.824. The van der Waals surface area contributed by atoms with Gasteiger partial charge in [0.25, 0.3) is 0 Å². The summed E-state index contributed by atoms with van der Waals surface area (Å²) >= 11 is 0. The third-order valence-corrected chi connectivity index (χ3v) is 4.75. The highest BCUT2D eigenvalue weighted by Crippen LogP contribution is 2.16. The minimum atomic E-state index is -3.14. The molecule has 0 saturated carbocycles. The van der Waals surface area contributed by atoms with E-state index in [4.69, 9.17) is 4.74 Å². The molecule has 102 valence electrons. The summed E-state index contributed by atoms with van der Waals surface area (Å²) in [5.41, 5.74) is 0. The molecular formula is C11H19N3O3S. The fourth-order valence-electron chi connectivity index (χ4n) is 1.08. The number of ether oxygens (including phenoxy) is 1. The molecule has 0 saturated heterocycles. The maximum absolute atomic E-state index is 11.5. The molecule has 1 heterocycles. The first kappa shape index (κ1) is 14.7. The second kappa shape index (κ2) is 5.51. The van der Waals surface area contributed by atoms with Gasteiger partial charge in [-0.15, -0.1) is 0 Å². The van der Waals surface area contributed by atoms with Gasteiger partial charge in [0.1, 0.15) is 0 Å². The van der Waals surface area contributed by atoms with Crippen LogP contribution in [-0.2, 0) is 9.84 Å². The molecule has 1 rings (SSSR count). The molecule has 0 amide bonds. The molecule has 0 aliphatic rings. The lowest BCUT2D eigenvalue weighted by molar-refractivity contribution is 0.326. The van der Waals surface area contributed by atoms with Gasteiger partial charge in [0, 0.05) is 25.1 Å². The lowest BCUT2D eigenvalue weighted by atomic mass is 10.2. The zero-order chi connectivity index (χ0) is 13.8. The summed E-state index contributed by atoms with van der Waals surface area (Å²) < 4.78 is 27.4. The van der Waals surface area contributed by atoms with Crippen LogP contribution in [0.1, 0.15) is 20.8 Å². The number of hydrogen-bond donors (Lipinski definition) is 1. The molecule has 18 heavy (non-hydrogen) atoms. The molecule has 6 nitrogen and oxygen atoms in total. The Hall–Kier alpha value is -1.37. The van der Waals surface area contributed by atoms with E-state index < -0.39 is 14.6 Å². The summed E-state index contributed by atoms with van der Waals surface area (Å²) in [6.07, 6.45) is 2.78. The molecule has 0 fully saturated rings. The number of nitrogens with one attached hydrogen (secondary N) is 1. The van der Waals surface area contributed by atoms with E-state index in [2.05, 4.69) is 15.3 Å². The third-order valence-electron chi connectivity index (χ3n) is 2.60. The average Bonchev–Trinajstić information content (AvgIpc) is 2.26. The number of rotatable bonds is 6. The van der Waals surface area contributed by atoms with Crippen LogP contribution < -0.4 is 10.1 Å². The molecule has 0 aliphatic heterocycles. The van der Waals surface area contributed by atoms with E-state index in [1.165, 1.54) is 6.26 Å². The highest BCUT2D eigenvalue weighted by Gasteiger charge is 2.30. The second-order valence-electron chi connectivity index (χ2n) is 4.54. The predicted octanol–water partition coefficient (Wildman–Crippen LogP) is 1.11. The van der Waals surface area contributed by atoms with Gasteiger partial charge < -0.3 is 10.1 Å². The standard InChI is InChI=1S/C11H19N3O3S/c1-5-17-9-6-7-12-10(14-9)13-8-11(2,3)18(4,15)16/h6-7H,5,8H2,1-4H3,(H,12,13,14). The van der Waals surface area contributed by atoms with Crippen molar-refractivity contribution in [2.45, 2.75) is 25.5 Å². The molecule has 1 aromatic heterocycles. The van der Waals surface area contributed by atoms with Crippen LogP contribution in [0.5, 0.6) is 5.88 Å². The summed E-state index contributed by atoms with van der Waals surface area (Å²) in [7, 11) is -3.14. The van der Waals surface area contributed by atoms with Crippen molar-refractivity contribution in [1.82, 2.24) is 9.97 Å². The largest absolute Gasteiger partial charge is 0.478 e. The first-order valence-corrected chi connectivity index (χ1v) is 7.55. The summed E-state index contributed by atoms with van der Waals surface area (Å²) in [6, 6.07) is 1.65. The molecule has 1 aromatic rings. The Morgan fingerprint density at radius 2 is 2.11 bits per heavy atom. The Kier molecular flexibility index (Phi) is 4.50. The van der Waals surface area contributed by atoms with Crippen LogP contribution in [0.3, 0.4) is 0 Å². The van der Waals surface area contributed by atoms with Crippen molar-refractivity contribution in [3.63, 3.8) is 0 Å². The molecule has 0 aliphatic carbocycles. The first-order valence-electron chi connectivity index (χ1n) is 5.65. The normalized spacial score (nSPS) is 12.2. The van der Waals surface area contributed by atoms with Gasteiger partial charge in [-0.2, -0.15) is 4.98 Å². The summed E-state index contributed by atoms with van der Waals surface area (Å²) in [4.78, 5) is 8.12. The zero-order valence-corrected chi connectivity index (χ0v) is 11.9. The predicted molar refractivity (Wildman–Crippen MR) is 70.6 cm³/mol. The number of anilines is 1. The van der Waals surface area contributed by atoms with E-state index in [0.717, 1.165) is 0 Å². The second-order valence-corrected chi connectivity index (χ2v) is 7.19. The highest BCUT2D eigenvalue weighted by atomic mass is 32.2. The van der Waals surface area contributed by atoms with E-state index in [1.54, 1.807) is 26.1 Å². The minimum absolute atomic E-state index is 0.238. The van der Waals surface area contributed by atoms with Crippen LogP contribution in [0.15, 0.2) is 12.3 Å². The molecular weight excluding hydrogens is 254 g/mol. The smallest absolute Gasteiger partial charge is 0.225 e. The Labute approximate surface area is 108 Å². The van der Waals surface area contributed by atoms with Crippen molar-refractivity contribution in [2.75, 3.05) is 24.7 Å². The monoisotopic (exact) mass is 273 g/mol. The molecule has 0 bridgehead atoms. The van der Waals surface area contributed by atoms with Crippen LogP contribution in [0.4, 0.5) is 5.95 Å². The van der Waals surface area contributed by atoms with E-state index >= 15 is 0 Å². The lowest BCUT2D eigenvalue weighted by Crippen LogP contribution is -2.38. The quantitative estimate of drug-likeness (QED) is 0.836. The topological polar surface area (TPSA) is 81.2 Å². The number of hydrogen-bond acceptors (Lipinski definition) is 6. The zero-order valence-electron chi connectivity index (χ0n) is 11.1. The highest BCUT2D eigenvalue weighted by molar-refractivity contribution is 7.92. The summed E-state index contributed by atoms with van der Waals surface area (Å²) in [6.45, 7) is 5.93. The van der Waals surface area contributed by atoms with Gasteiger partial charge in [-0.1, -0.05) is 0 Å². The van der Waals surface area contributed by atoms with Gasteiger partial charge in [-0.25, -0.2) is 13.4 Å². The van der Waals surface area contributed by atoms with Crippen molar-refractivity contribution in [2.24, 2.45) is 0 Å². The Bertz CT molecular complexity index is 500. The molecule has 7 heteroatoms. The Morgan fingerprint density at radius 3 is 2.67 bits per heavy atom. The van der Waals surface area contributed by atoms with E-state index in [9.17, 15) is 8.42 Å². The van der Waals surface area contributed by atoms with Crippen molar-refractivity contribution in [3.8, 4) is 5.88 Å². The maximum Gasteiger partial charge on any atom is 0.225 e. The van der Waals surface area contributed by atoms with Crippen molar-refractivity contribution in [3.05, 3.63) is 12.3 Å². The summed E-state index contributed by atoms with van der Waals surface area (Å²) in [5, 5.41) is 2.91.